The molecule has 1 amide bonds. The SMILES string of the molecule is CC1CCCCC1(CN)NS(=O)(=O)c1cc(C(=O)N(C)C)n(C)c1. The van der Waals surface area contributed by atoms with Gasteiger partial charge in [-0.05, 0) is 24.8 Å². The summed E-state index contributed by atoms with van der Waals surface area (Å²) < 4.78 is 30.1. The van der Waals surface area contributed by atoms with Crippen molar-refractivity contribution in [1.82, 2.24) is 14.2 Å². The molecule has 24 heavy (non-hydrogen) atoms. The van der Waals surface area contributed by atoms with Crippen molar-refractivity contribution >= 4 is 15.9 Å². The van der Waals surface area contributed by atoms with Crippen molar-refractivity contribution in [2.24, 2.45) is 18.7 Å². The Hall–Kier alpha value is -1.38. The van der Waals surface area contributed by atoms with Gasteiger partial charge in [-0.1, -0.05) is 19.8 Å². The van der Waals surface area contributed by atoms with Crippen LogP contribution in [-0.4, -0.2) is 50.0 Å². The van der Waals surface area contributed by atoms with Gasteiger partial charge in [-0.2, -0.15) is 0 Å². The zero-order valence-electron chi connectivity index (χ0n) is 14.9. The molecule has 1 aromatic rings. The smallest absolute Gasteiger partial charge is 0.269 e. The summed E-state index contributed by atoms with van der Waals surface area (Å²) in [5, 5.41) is 0. The average molecular weight is 356 g/mol. The summed E-state index contributed by atoms with van der Waals surface area (Å²) in [5.41, 5.74) is 5.66. The molecule has 0 spiro atoms. The van der Waals surface area contributed by atoms with Crippen LogP contribution in [0.15, 0.2) is 17.2 Å². The Labute approximate surface area is 144 Å². The molecule has 136 valence electrons. The third-order valence-electron chi connectivity index (χ3n) is 5.07. The van der Waals surface area contributed by atoms with E-state index in [2.05, 4.69) is 4.72 Å². The molecule has 1 aliphatic carbocycles. The number of nitrogens with two attached hydrogens (primary N) is 1. The molecule has 1 heterocycles. The molecule has 0 aliphatic heterocycles. The molecule has 2 atom stereocenters. The van der Waals surface area contributed by atoms with Gasteiger partial charge in [0.05, 0.1) is 0 Å². The highest BCUT2D eigenvalue weighted by atomic mass is 32.2. The largest absolute Gasteiger partial charge is 0.345 e. The average Bonchev–Trinajstić information content (AvgIpc) is 2.91. The van der Waals surface area contributed by atoms with Crippen molar-refractivity contribution in [2.75, 3.05) is 20.6 Å². The molecule has 1 fully saturated rings. The summed E-state index contributed by atoms with van der Waals surface area (Å²) in [7, 11) is 1.19. The van der Waals surface area contributed by atoms with Crippen LogP contribution in [-0.2, 0) is 17.1 Å². The second kappa shape index (κ2) is 6.85. The van der Waals surface area contributed by atoms with Gasteiger partial charge in [0.2, 0.25) is 10.0 Å². The lowest BCUT2D eigenvalue weighted by Crippen LogP contribution is -2.58. The second-order valence-corrected chi connectivity index (χ2v) is 8.67. The van der Waals surface area contributed by atoms with Gasteiger partial charge in [0.15, 0.2) is 0 Å². The van der Waals surface area contributed by atoms with E-state index in [1.807, 2.05) is 6.92 Å². The topological polar surface area (TPSA) is 97.4 Å². The van der Waals surface area contributed by atoms with Gasteiger partial charge in [0, 0.05) is 39.4 Å². The molecule has 0 radical (unpaired) electrons. The molecular formula is C16H28N4O3S. The van der Waals surface area contributed by atoms with Crippen molar-refractivity contribution in [2.45, 2.75) is 43.0 Å². The lowest BCUT2D eigenvalue weighted by molar-refractivity contribution is 0.0818. The molecule has 8 heteroatoms. The van der Waals surface area contributed by atoms with E-state index in [9.17, 15) is 13.2 Å². The minimum Gasteiger partial charge on any atom is -0.345 e. The Bertz CT molecular complexity index is 711. The van der Waals surface area contributed by atoms with Crippen LogP contribution in [0.4, 0.5) is 0 Å². The van der Waals surface area contributed by atoms with E-state index in [0.717, 1.165) is 25.7 Å². The van der Waals surface area contributed by atoms with Crippen molar-refractivity contribution in [1.29, 1.82) is 0 Å². The fraction of sp³-hybridized carbons (Fsp3) is 0.688. The van der Waals surface area contributed by atoms with Crippen molar-refractivity contribution in [3.8, 4) is 0 Å². The number of nitrogens with one attached hydrogen (secondary N) is 1. The zero-order chi connectivity index (χ0) is 18.1. The first-order valence-corrected chi connectivity index (χ1v) is 9.73. The maximum atomic E-state index is 12.9. The molecule has 2 rings (SSSR count). The van der Waals surface area contributed by atoms with Crippen molar-refractivity contribution in [3.63, 3.8) is 0 Å². The van der Waals surface area contributed by atoms with E-state index in [1.165, 1.54) is 21.7 Å². The predicted octanol–water partition coefficient (Wildman–Crippen LogP) is 0.913. The van der Waals surface area contributed by atoms with E-state index in [-0.39, 0.29) is 23.3 Å². The zero-order valence-corrected chi connectivity index (χ0v) is 15.7. The number of sulfonamides is 1. The third-order valence-corrected chi connectivity index (χ3v) is 6.59. The maximum absolute atomic E-state index is 12.9. The molecule has 0 aromatic carbocycles. The number of aryl methyl sites for hydroxylation is 1. The van der Waals surface area contributed by atoms with Gasteiger partial charge in [-0.15, -0.1) is 0 Å². The van der Waals surface area contributed by atoms with Gasteiger partial charge in [0.1, 0.15) is 10.6 Å². The standard InChI is InChI=1S/C16H28N4O3S/c1-12-7-5-6-8-16(12,11-17)18-24(22,23)13-9-14(20(4)10-13)15(21)19(2)3/h9-10,12,18H,5-8,11,17H2,1-4H3. The van der Waals surface area contributed by atoms with E-state index < -0.39 is 15.6 Å². The fourth-order valence-corrected chi connectivity index (χ4v) is 4.96. The molecule has 1 aliphatic rings. The summed E-state index contributed by atoms with van der Waals surface area (Å²) in [5.74, 6) is -0.0591. The first-order chi connectivity index (χ1) is 11.1. The van der Waals surface area contributed by atoms with Crippen LogP contribution in [0.1, 0.15) is 43.1 Å². The van der Waals surface area contributed by atoms with Gasteiger partial charge < -0.3 is 15.2 Å². The summed E-state index contributed by atoms with van der Waals surface area (Å²) in [6.07, 6.45) is 5.22. The van der Waals surface area contributed by atoms with E-state index >= 15 is 0 Å². The number of nitrogens with zero attached hydrogens (tertiary/aromatic N) is 2. The Morgan fingerprint density at radius 1 is 1.46 bits per heavy atom. The van der Waals surface area contributed by atoms with E-state index in [1.54, 1.807) is 21.1 Å². The van der Waals surface area contributed by atoms with Crippen LogP contribution in [0, 0.1) is 5.92 Å². The fourth-order valence-electron chi connectivity index (χ4n) is 3.36. The van der Waals surface area contributed by atoms with Gasteiger partial charge >= 0.3 is 0 Å². The molecule has 1 aromatic heterocycles. The van der Waals surface area contributed by atoms with Crippen LogP contribution >= 0.6 is 0 Å². The van der Waals surface area contributed by atoms with Crippen LogP contribution < -0.4 is 10.5 Å². The minimum absolute atomic E-state index is 0.0980. The Morgan fingerprint density at radius 3 is 2.67 bits per heavy atom. The van der Waals surface area contributed by atoms with Crippen LogP contribution in [0.3, 0.4) is 0 Å². The van der Waals surface area contributed by atoms with Crippen LogP contribution in [0.5, 0.6) is 0 Å². The van der Waals surface area contributed by atoms with Crippen LogP contribution in [0.2, 0.25) is 0 Å². The predicted molar refractivity (Wildman–Crippen MR) is 93.2 cm³/mol. The molecule has 7 nitrogen and oxygen atoms in total. The minimum atomic E-state index is -3.75. The monoisotopic (exact) mass is 356 g/mol. The Kier molecular flexibility index (Phi) is 5.41. The van der Waals surface area contributed by atoms with Gasteiger partial charge in [-0.3, -0.25) is 4.79 Å². The first-order valence-electron chi connectivity index (χ1n) is 8.25. The first kappa shape index (κ1) is 19.0. The molecule has 1 saturated carbocycles. The third kappa shape index (κ3) is 3.50. The molecule has 0 bridgehead atoms. The molecule has 3 N–H and O–H groups in total. The molecule has 2 unspecified atom stereocenters. The molecular weight excluding hydrogens is 328 g/mol. The quantitative estimate of drug-likeness (QED) is 0.819. The number of hydrogen-bond acceptors (Lipinski definition) is 4. The second-order valence-electron chi connectivity index (χ2n) is 6.98. The van der Waals surface area contributed by atoms with Gasteiger partial charge in [0.25, 0.3) is 5.91 Å². The van der Waals surface area contributed by atoms with Crippen molar-refractivity contribution < 1.29 is 13.2 Å². The lowest BCUT2D eigenvalue weighted by Gasteiger charge is -2.42. The molecule has 0 saturated heterocycles. The highest BCUT2D eigenvalue weighted by molar-refractivity contribution is 7.89. The summed E-state index contributed by atoms with van der Waals surface area (Å²) in [4.78, 5) is 13.7. The highest BCUT2D eigenvalue weighted by Gasteiger charge is 2.41. The Balaban J connectivity index is 2.34. The summed E-state index contributed by atoms with van der Waals surface area (Å²) >= 11 is 0. The summed E-state index contributed by atoms with van der Waals surface area (Å²) in [6.45, 7) is 2.31. The lowest BCUT2D eigenvalue weighted by atomic mass is 9.74. The number of carbonyl (C=O) groups excluding carboxylic acids is 1. The van der Waals surface area contributed by atoms with Crippen LogP contribution in [0.25, 0.3) is 0 Å². The van der Waals surface area contributed by atoms with E-state index in [0.29, 0.717) is 5.69 Å². The van der Waals surface area contributed by atoms with Gasteiger partial charge in [-0.25, -0.2) is 13.1 Å². The number of amides is 1. The van der Waals surface area contributed by atoms with E-state index in [4.69, 9.17) is 5.73 Å². The maximum Gasteiger partial charge on any atom is 0.269 e. The Morgan fingerprint density at radius 2 is 2.12 bits per heavy atom. The number of rotatable bonds is 5. The highest BCUT2D eigenvalue weighted by Crippen LogP contribution is 2.34. The normalized spacial score (nSPS) is 24.8. The summed E-state index contributed by atoms with van der Waals surface area (Å²) in [6, 6.07) is 1.42. The van der Waals surface area contributed by atoms with Crippen molar-refractivity contribution in [3.05, 3.63) is 18.0 Å². The number of carbonyl (C=O) groups is 1. The number of hydrogen-bond donors (Lipinski definition) is 2. The number of aromatic nitrogens is 1.